The van der Waals surface area contributed by atoms with Crippen LogP contribution in [0.15, 0.2) is 24.3 Å². The maximum absolute atomic E-state index is 12.0. The fraction of sp³-hybridized carbons (Fsp3) is 0.667. The van der Waals surface area contributed by atoms with Crippen molar-refractivity contribution in [1.82, 2.24) is 5.32 Å². The van der Waals surface area contributed by atoms with Gasteiger partial charge in [-0.2, -0.15) is 0 Å². The summed E-state index contributed by atoms with van der Waals surface area (Å²) in [6.45, 7) is 0. The highest BCUT2D eigenvalue weighted by Gasteiger charge is 2.03. The second kappa shape index (κ2) is 16.9. The first-order valence-corrected chi connectivity index (χ1v) is 11.3. The lowest BCUT2D eigenvalue weighted by atomic mass is 10.0. The highest BCUT2D eigenvalue weighted by molar-refractivity contribution is 5.90. The largest absolute Gasteiger partial charge is 0.497 e. The first kappa shape index (κ1) is 25.0. The Morgan fingerprint density at radius 1 is 0.690 bits per heavy atom. The molecule has 0 unspecified atom stereocenters. The zero-order valence-electron chi connectivity index (χ0n) is 18.4. The van der Waals surface area contributed by atoms with Gasteiger partial charge in [-0.25, -0.2) is 0 Å². The minimum absolute atomic E-state index is 0.0884. The van der Waals surface area contributed by atoms with E-state index >= 15 is 0 Å². The van der Waals surface area contributed by atoms with Gasteiger partial charge in [0.05, 0.1) is 7.11 Å². The van der Waals surface area contributed by atoms with Crippen LogP contribution in [-0.2, 0) is 9.59 Å². The molecule has 0 radical (unpaired) electrons. The van der Waals surface area contributed by atoms with Gasteiger partial charge in [-0.3, -0.25) is 9.59 Å². The summed E-state index contributed by atoms with van der Waals surface area (Å²) in [4.78, 5) is 23.1. The fourth-order valence-corrected chi connectivity index (χ4v) is 3.36. The van der Waals surface area contributed by atoms with Crippen LogP contribution in [0.1, 0.15) is 89.9 Å². The number of amides is 2. The third-order valence-corrected chi connectivity index (χ3v) is 5.21. The molecule has 0 bridgehead atoms. The molecule has 2 N–H and O–H groups in total. The fourth-order valence-electron chi connectivity index (χ4n) is 3.36. The first-order valence-electron chi connectivity index (χ1n) is 11.3. The Hall–Kier alpha value is -2.04. The van der Waals surface area contributed by atoms with Crippen molar-refractivity contribution in [2.45, 2.75) is 89.9 Å². The maximum atomic E-state index is 12.0. The molecule has 5 nitrogen and oxygen atoms in total. The molecule has 0 fully saturated rings. The van der Waals surface area contributed by atoms with Crippen molar-refractivity contribution in [2.75, 3.05) is 19.5 Å². The lowest BCUT2D eigenvalue weighted by Crippen LogP contribution is -2.16. The predicted molar refractivity (Wildman–Crippen MR) is 120 cm³/mol. The SMILES string of the molecule is CNC(=O)CCCCCCCCCCCCCCC(=O)Nc1ccc(OC)cc1. The molecule has 0 heterocycles. The van der Waals surface area contributed by atoms with Crippen molar-refractivity contribution >= 4 is 17.5 Å². The normalized spacial score (nSPS) is 10.6. The number of ether oxygens (including phenoxy) is 1. The van der Waals surface area contributed by atoms with Gasteiger partial charge in [0, 0.05) is 25.6 Å². The van der Waals surface area contributed by atoms with E-state index in [0.717, 1.165) is 30.7 Å². The molecule has 1 aromatic carbocycles. The number of unbranched alkanes of at least 4 members (excludes halogenated alkanes) is 11. The van der Waals surface area contributed by atoms with Crippen LogP contribution < -0.4 is 15.4 Å². The minimum Gasteiger partial charge on any atom is -0.497 e. The van der Waals surface area contributed by atoms with Gasteiger partial charge in [-0.05, 0) is 37.1 Å². The van der Waals surface area contributed by atoms with E-state index in [-0.39, 0.29) is 11.8 Å². The second-order valence-electron chi connectivity index (χ2n) is 7.69. The Morgan fingerprint density at radius 2 is 1.10 bits per heavy atom. The summed E-state index contributed by atoms with van der Waals surface area (Å²) < 4.78 is 5.11. The van der Waals surface area contributed by atoms with Crippen LogP contribution >= 0.6 is 0 Å². The van der Waals surface area contributed by atoms with E-state index in [9.17, 15) is 9.59 Å². The summed E-state index contributed by atoms with van der Waals surface area (Å²) in [5.74, 6) is 1.04. The Morgan fingerprint density at radius 3 is 1.52 bits per heavy atom. The summed E-state index contributed by atoms with van der Waals surface area (Å²) in [5, 5.41) is 5.60. The number of methoxy groups -OCH3 is 1. The zero-order chi connectivity index (χ0) is 21.2. The smallest absolute Gasteiger partial charge is 0.224 e. The molecule has 0 atom stereocenters. The Labute approximate surface area is 177 Å². The van der Waals surface area contributed by atoms with Gasteiger partial charge < -0.3 is 15.4 Å². The number of rotatable bonds is 17. The number of carbonyl (C=O) groups is 2. The number of nitrogens with one attached hydrogen (secondary N) is 2. The molecule has 1 aromatic rings. The zero-order valence-corrected chi connectivity index (χ0v) is 18.4. The van der Waals surface area contributed by atoms with Crippen molar-refractivity contribution in [1.29, 1.82) is 0 Å². The molecule has 164 valence electrons. The molecular weight excluding hydrogens is 364 g/mol. The van der Waals surface area contributed by atoms with Crippen molar-refractivity contribution in [3.8, 4) is 5.75 Å². The molecule has 0 spiro atoms. The lowest BCUT2D eigenvalue weighted by molar-refractivity contribution is -0.120. The van der Waals surface area contributed by atoms with Crippen LogP contribution in [0.2, 0.25) is 0 Å². The van der Waals surface area contributed by atoms with Crippen molar-refractivity contribution in [3.05, 3.63) is 24.3 Å². The number of carbonyl (C=O) groups excluding carboxylic acids is 2. The summed E-state index contributed by atoms with van der Waals surface area (Å²) in [5.41, 5.74) is 0.822. The van der Waals surface area contributed by atoms with E-state index in [4.69, 9.17) is 4.74 Å². The Kier molecular flexibility index (Phi) is 14.5. The molecule has 0 saturated heterocycles. The van der Waals surface area contributed by atoms with Crippen LogP contribution in [0.3, 0.4) is 0 Å². The standard InChI is InChI=1S/C24H40N2O3/c1-25-23(27)15-13-11-9-7-5-3-4-6-8-10-12-14-16-24(28)26-21-17-19-22(29-2)20-18-21/h17-20H,3-16H2,1-2H3,(H,25,27)(H,26,28). The van der Waals surface area contributed by atoms with Crippen LogP contribution in [0.4, 0.5) is 5.69 Å². The van der Waals surface area contributed by atoms with E-state index in [0.29, 0.717) is 12.8 Å². The van der Waals surface area contributed by atoms with Crippen LogP contribution in [0.5, 0.6) is 5.75 Å². The molecule has 0 aliphatic rings. The average molecular weight is 405 g/mol. The Bertz CT molecular complexity index is 558. The van der Waals surface area contributed by atoms with Gasteiger partial charge in [0.25, 0.3) is 0 Å². The van der Waals surface area contributed by atoms with Gasteiger partial charge in [0.2, 0.25) is 11.8 Å². The number of hydrogen-bond donors (Lipinski definition) is 2. The molecule has 2 amide bonds. The molecule has 0 aromatic heterocycles. The van der Waals surface area contributed by atoms with E-state index in [1.165, 1.54) is 57.8 Å². The van der Waals surface area contributed by atoms with Crippen molar-refractivity contribution in [2.24, 2.45) is 0 Å². The van der Waals surface area contributed by atoms with Crippen LogP contribution in [0, 0.1) is 0 Å². The summed E-state index contributed by atoms with van der Waals surface area (Å²) in [7, 11) is 3.33. The maximum Gasteiger partial charge on any atom is 0.224 e. The number of anilines is 1. The third kappa shape index (κ3) is 13.7. The van der Waals surface area contributed by atoms with Gasteiger partial charge in [-0.15, -0.1) is 0 Å². The van der Waals surface area contributed by atoms with E-state index < -0.39 is 0 Å². The number of hydrogen-bond acceptors (Lipinski definition) is 3. The summed E-state index contributed by atoms with van der Waals surface area (Å²) >= 11 is 0. The van der Waals surface area contributed by atoms with E-state index in [2.05, 4.69) is 10.6 Å². The average Bonchev–Trinajstić information content (AvgIpc) is 2.74. The van der Waals surface area contributed by atoms with E-state index in [1.807, 2.05) is 24.3 Å². The van der Waals surface area contributed by atoms with Crippen LogP contribution in [0.25, 0.3) is 0 Å². The van der Waals surface area contributed by atoms with Gasteiger partial charge in [0.15, 0.2) is 0 Å². The van der Waals surface area contributed by atoms with Crippen LogP contribution in [-0.4, -0.2) is 26.0 Å². The Balaban J connectivity index is 1.84. The van der Waals surface area contributed by atoms with Crippen molar-refractivity contribution < 1.29 is 14.3 Å². The van der Waals surface area contributed by atoms with Gasteiger partial charge in [-0.1, -0.05) is 64.2 Å². The summed E-state index contributed by atoms with van der Waals surface area (Å²) in [6.07, 6.45) is 15.8. The number of benzene rings is 1. The summed E-state index contributed by atoms with van der Waals surface area (Å²) in [6, 6.07) is 7.43. The third-order valence-electron chi connectivity index (χ3n) is 5.21. The van der Waals surface area contributed by atoms with Crippen molar-refractivity contribution in [3.63, 3.8) is 0 Å². The highest BCUT2D eigenvalue weighted by Crippen LogP contribution is 2.16. The molecule has 29 heavy (non-hydrogen) atoms. The monoisotopic (exact) mass is 404 g/mol. The minimum atomic E-state index is 0.0884. The topological polar surface area (TPSA) is 67.4 Å². The quantitative estimate of drug-likeness (QED) is 0.320. The molecule has 5 heteroatoms. The molecule has 1 rings (SSSR count). The van der Waals surface area contributed by atoms with E-state index in [1.54, 1.807) is 14.2 Å². The lowest BCUT2D eigenvalue weighted by Gasteiger charge is -2.06. The highest BCUT2D eigenvalue weighted by atomic mass is 16.5. The van der Waals surface area contributed by atoms with Gasteiger partial charge >= 0.3 is 0 Å². The first-order chi connectivity index (χ1) is 14.2. The van der Waals surface area contributed by atoms with Gasteiger partial charge in [0.1, 0.15) is 5.75 Å². The second-order valence-corrected chi connectivity index (χ2v) is 7.69. The molecule has 0 aliphatic carbocycles. The molecule has 0 saturated carbocycles. The molecular formula is C24H40N2O3. The molecule has 0 aliphatic heterocycles. The predicted octanol–water partition coefficient (Wildman–Crippen LogP) is 5.84.